The van der Waals surface area contributed by atoms with Gasteiger partial charge in [-0.05, 0) is 0 Å². The van der Waals surface area contributed by atoms with Crippen LogP contribution in [0.5, 0.6) is 0 Å². The lowest BCUT2D eigenvalue weighted by atomic mass is 10.0. The van der Waals surface area contributed by atoms with Crippen molar-refractivity contribution in [1.29, 1.82) is 0 Å². The fraction of sp³-hybridized carbons (Fsp3) is 1.00. The molecule has 0 bridgehead atoms. The van der Waals surface area contributed by atoms with Gasteiger partial charge < -0.3 is 0 Å². The van der Waals surface area contributed by atoms with Crippen molar-refractivity contribution < 1.29 is 13.0 Å². The Hall–Kier alpha value is 6.29. The van der Waals surface area contributed by atoms with Crippen LogP contribution in [0.2, 0.25) is 0 Å². The normalized spacial score (nSPS) is 16.1. The highest BCUT2D eigenvalue weighted by Crippen LogP contribution is 2.74. The van der Waals surface area contributed by atoms with E-state index in [4.69, 9.17) is 268 Å². The van der Waals surface area contributed by atoms with E-state index in [1.165, 1.54) is 0 Å². The van der Waals surface area contributed by atoms with E-state index in [0.29, 0.717) is 0 Å². The van der Waals surface area contributed by atoms with Crippen LogP contribution in [0.3, 0.4) is 0 Å². The van der Waals surface area contributed by atoms with Crippen LogP contribution in [0.4, 0.5) is 0 Å². The van der Waals surface area contributed by atoms with Gasteiger partial charge in [0.1, 0.15) is 0 Å². The van der Waals surface area contributed by atoms with Gasteiger partial charge in [0, 0.05) is 0 Å². The van der Waals surface area contributed by atoms with E-state index in [1.54, 1.807) is 0 Å². The lowest BCUT2D eigenvalue weighted by Gasteiger charge is -2.55. The summed E-state index contributed by atoms with van der Waals surface area (Å²) in [6, 6.07) is 0. The molecule has 36 heavy (non-hydrogen) atoms. The molecular weight excluding hydrogens is 980 g/mol. The standard InChI is InChI=1S/C10Cl22.H2O3S/c11-1(12,3(15,16)5(19,20)7(23,24)9(27,28)29)2(13,14)4(17,18)6(21,22)8(25,26)10(30,31)32;1-4(2)3/h;4H,(H,1,2,3). The first-order chi connectivity index (χ1) is 15.0. The minimum atomic E-state index is -3.20. The zero-order valence-corrected chi connectivity index (χ0v) is 32.6. The molecule has 0 atom stereocenters. The van der Waals surface area contributed by atoms with Crippen molar-refractivity contribution in [2.75, 3.05) is 0 Å². The van der Waals surface area contributed by atoms with E-state index < -0.39 is 53.2 Å². The maximum Gasteiger partial charge on any atom is 0.254 e. The molecule has 3 nitrogen and oxygen atoms in total. The van der Waals surface area contributed by atoms with Crippen LogP contribution in [0.1, 0.15) is 0 Å². The molecule has 0 rings (SSSR count). The lowest BCUT2D eigenvalue weighted by Crippen LogP contribution is -2.72. The molecule has 0 spiro atoms. The molecule has 0 aliphatic heterocycles. The monoisotopic (exact) mass is 971 g/mol. The fourth-order valence-electron chi connectivity index (χ4n) is 1.54. The molecule has 0 heterocycles. The van der Waals surface area contributed by atoms with E-state index in [2.05, 4.69) is 0 Å². The summed E-state index contributed by atoms with van der Waals surface area (Å²) < 4.78 is -5.71. The second-order valence-corrected chi connectivity index (χ2v) is 21.5. The van der Waals surface area contributed by atoms with Gasteiger partial charge in [0.15, 0.2) is 26.0 Å². The average molecular weight is 982 g/mol. The molecule has 26 heteroatoms. The van der Waals surface area contributed by atoms with Crippen molar-refractivity contribution in [3.8, 4) is 0 Å². The van der Waals surface area contributed by atoms with Crippen LogP contribution < -0.4 is 0 Å². The smallest absolute Gasteiger partial charge is 0.254 e. The minimum Gasteiger partial charge on any atom is -0.288 e. The zero-order valence-electron chi connectivity index (χ0n) is 15.0. The summed E-state index contributed by atoms with van der Waals surface area (Å²) in [5.74, 6) is 0. The van der Waals surface area contributed by atoms with Gasteiger partial charge in [-0.25, -0.2) is 8.42 Å². The molecule has 0 saturated heterocycles. The van der Waals surface area contributed by atoms with Gasteiger partial charge in [-0.1, -0.05) is 255 Å². The van der Waals surface area contributed by atoms with E-state index in [9.17, 15) is 0 Å². The molecule has 0 aromatic rings. The Morgan fingerprint density at radius 1 is 0.306 bits per heavy atom. The van der Waals surface area contributed by atoms with Crippen LogP contribution in [-0.2, 0) is 11.0 Å². The fourth-order valence-corrected chi connectivity index (χ4v) is 8.10. The van der Waals surface area contributed by atoms with E-state index in [-0.39, 0.29) is 0 Å². The Bertz CT molecular complexity index is 779. The van der Waals surface area contributed by atoms with Crippen molar-refractivity contribution >= 4 is 266 Å². The molecule has 0 amide bonds. The molecule has 0 aromatic carbocycles. The number of alkyl halides is 22. The van der Waals surface area contributed by atoms with Gasteiger partial charge >= 0.3 is 0 Å². The molecule has 0 aliphatic carbocycles. The van der Waals surface area contributed by atoms with Crippen molar-refractivity contribution in [1.82, 2.24) is 0 Å². The number of thiol groups is 1. The second-order valence-electron chi connectivity index (χ2n) is 5.83. The molecule has 1 N–H and O–H groups in total. The van der Waals surface area contributed by atoms with Crippen LogP contribution in [-0.4, -0.2) is 55.2 Å². The van der Waals surface area contributed by atoms with Gasteiger partial charge in [0.05, 0.1) is 0 Å². The first-order valence-corrected chi connectivity index (χ1v) is 16.4. The van der Waals surface area contributed by atoms with Gasteiger partial charge in [0.25, 0.3) is 11.0 Å². The van der Waals surface area contributed by atoms with Crippen molar-refractivity contribution in [2.45, 2.75) is 42.3 Å². The van der Waals surface area contributed by atoms with E-state index >= 15 is 0 Å². The Balaban J connectivity index is 0. The third-order valence-electron chi connectivity index (χ3n) is 3.47. The summed E-state index contributed by atoms with van der Waals surface area (Å²) >= 11 is 133. The van der Waals surface area contributed by atoms with Crippen LogP contribution in [0.15, 0.2) is 0 Å². The lowest BCUT2D eigenvalue weighted by molar-refractivity contribution is 0.438. The number of hydrogen-bond donors (Lipinski definition) is 2. The molecule has 220 valence electrons. The Kier molecular flexibility index (Phi) is 17.2. The minimum absolute atomic E-state index is 2.68. The Labute approximate surface area is 316 Å². The van der Waals surface area contributed by atoms with Crippen LogP contribution >= 0.6 is 255 Å². The third kappa shape index (κ3) is 8.16. The number of halogens is 22. The van der Waals surface area contributed by atoms with E-state index in [0.717, 1.165) is 0 Å². The van der Waals surface area contributed by atoms with Crippen LogP contribution in [0.25, 0.3) is 0 Å². The molecule has 0 radical (unpaired) electrons. The first kappa shape index (κ1) is 44.4. The highest BCUT2D eigenvalue weighted by molar-refractivity contribution is 7.66. The predicted octanol–water partition coefficient (Wildman–Crippen LogP) is 12.2. The molecule has 0 aromatic heterocycles. The first-order valence-electron chi connectivity index (χ1n) is 6.97. The average Bonchev–Trinajstić information content (AvgIpc) is 2.57. The summed E-state index contributed by atoms with van der Waals surface area (Å²) in [6.45, 7) is 0. The highest BCUT2D eigenvalue weighted by atomic mass is 35.6. The predicted molar refractivity (Wildman–Crippen MR) is 169 cm³/mol. The third-order valence-corrected chi connectivity index (χ3v) is 18.1. The summed E-state index contributed by atoms with van der Waals surface area (Å²) in [6.07, 6.45) is 0. The summed E-state index contributed by atoms with van der Waals surface area (Å²) in [5.41, 5.74) is 0. The molecule has 0 saturated carbocycles. The molecule has 0 unspecified atom stereocenters. The van der Waals surface area contributed by atoms with Crippen molar-refractivity contribution in [2.24, 2.45) is 0 Å². The quantitative estimate of drug-likeness (QED) is 0.152. The largest absolute Gasteiger partial charge is 0.288 e. The van der Waals surface area contributed by atoms with E-state index in [1.807, 2.05) is 0 Å². The van der Waals surface area contributed by atoms with Gasteiger partial charge in [0.2, 0.25) is 16.3 Å². The molecule has 0 aliphatic rings. The highest BCUT2D eigenvalue weighted by Gasteiger charge is 2.83. The topological polar surface area (TPSA) is 54.4 Å². The summed E-state index contributed by atoms with van der Waals surface area (Å²) in [4.78, 5) is 0. The van der Waals surface area contributed by atoms with Crippen molar-refractivity contribution in [3.05, 3.63) is 0 Å². The number of hydrogen-bond acceptors (Lipinski definition) is 2. The van der Waals surface area contributed by atoms with Gasteiger partial charge in [-0.3, -0.25) is 4.55 Å². The number of rotatable bonds is 7. The maximum absolute atomic E-state index is 8.59. The second kappa shape index (κ2) is 14.0. The van der Waals surface area contributed by atoms with Gasteiger partial charge in [-0.15, -0.1) is 0 Å². The molecule has 0 fully saturated rings. The maximum atomic E-state index is 8.59. The van der Waals surface area contributed by atoms with Crippen molar-refractivity contribution in [3.63, 3.8) is 0 Å². The zero-order chi connectivity index (χ0) is 30.6. The Morgan fingerprint density at radius 2 is 0.389 bits per heavy atom. The summed E-state index contributed by atoms with van der Waals surface area (Å²) in [5, 5.41) is 0. The Morgan fingerprint density at radius 3 is 0.472 bits per heavy atom. The SMILES string of the molecule is ClC(Cl)(Cl)C(Cl)(Cl)C(Cl)(Cl)C(Cl)(Cl)C(Cl)(Cl)C(Cl)(Cl)C(Cl)(Cl)C(Cl)(Cl)C(Cl)(Cl)C(Cl)(Cl)Cl.O=[SH](=O)O. The van der Waals surface area contributed by atoms with Crippen LogP contribution in [0, 0.1) is 0 Å². The van der Waals surface area contributed by atoms with Gasteiger partial charge in [-0.2, -0.15) is 0 Å². The molecular formula is C10H2Cl22O3S. The summed E-state index contributed by atoms with van der Waals surface area (Å²) in [7, 11) is -3.12.